The van der Waals surface area contributed by atoms with Gasteiger partial charge in [0.05, 0.1) is 11.0 Å². The standard InChI is InChI=1S/C16H16FN3/c1-10-5-12(8-13(17)6-10)16-19-14-4-3-11(9-18)7-15(14)20(16)2/h3-8H,9,18H2,1-2H3. The number of hydrogen-bond donors (Lipinski definition) is 1. The average molecular weight is 269 g/mol. The zero-order valence-electron chi connectivity index (χ0n) is 11.5. The van der Waals surface area contributed by atoms with E-state index in [0.717, 1.165) is 33.5 Å². The molecule has 2 N–H and O–H groups in total. The number of hydrogen-bond acceptors (Lipinski definition) is 2. The van der Waals surface area contributed by atoms with Crippen molar-refractivity contribution < 1.29 is 4.39 Å². The molecule has 20 heavy (non-hydrogen) atoms. The van der Waals surface area contributed by atoms with Gasteiger partial charge >= 0.3 is 0 Å². The summed E-state index contributed by atoms with van der Waals surface area (Å²) in [6.07, 6.45) is 0. The van der Waals surface area contributed by atoms with Crippen LogP contribution in [0.5, 0.6) is 0 Å². The average Bonchev–Trinajstić information content (AvgIpc) is 2.74. The molecule has 0 fully saturated rings. The molecule has 0 unspecified atom stereocenters. The molecule has 0 aliphatic carbocycles. The van der Waals surface area contributed by atoms with Gasteiger partial charge < -0.3 is 10.3 Å². The third-order valence-corrected chi connectivity index (χ3v) is 3.48. The minimum atomic E-state index is -0.241. The first kappa shape index (κ1) is 12.8. The second-order valence-corrected chi connectivity index (χ2v) is 5.04. The van der Waals surface area contributed by atoms with Gasteiger partial charge in [-0.3, -0.25) is 0 Å². The van der Waals surface area contributed by atoms with Crippen LogP contribution in [-0.2, 0) is 13.6 Å². The second-order valence-electron chi connectivity index (χ2n) is 5.04. The number of halogens is 1. The predicted octanol–water partition coefficient (Wildman–Crippen LogP) is 3.15. The molecule has 3 rings (SSSR count). The van der Waals surface area contributed by atoms with E-state index in [4.69, 9.17) is 5.73 Å². The molecule has 3 aromatic rings. The minimum Gasteiger partial charge on any atom is -0.327 e. The van der Waals surface area contributed by atoms with Gasteiger partial charge in [0, 0.05) is 19.2 Å². The van der Waals surface area contributed by atoms with Crippen molar-refractivity contribution in [3.8, 4) is 11.4 Å². The highest BCUT2D eigenvalue weighted by Crippen LogP contribution is 2.25. The first-order valence-electron chi connectivity index (χ1n) is 6.51. The highest BCUT2D eigenvalue weighted by atomic mass is 19.1. The van der Waals surface area contributed by atoms with E-state index >= 15 is 0 Å². The van der Waals surface area contributed by atoms with Gasteiger partial charge in [-0.1, -0.05) is 6.07 Å². The minimum absolute atomic E-state index is 0.241. The van der Waals surface area contributed by atoms with Crippen LogP contribution in [0.4, 0.5) is 4.39 Å². The van der Waals surface area contributed by atoms with Gasteiger partial charge in [-0.15, -0.1) is 0 Å². The summed E-state index contributed by atoms with van der Waals surface area (Å²) >= 11 is 0. The largest absolute Gasteiger partial charge is 0.327 e. The van der Waals surface area contributed by atoms with E-state index in [1.54, 1.807) is 0 Å². The Kier molecular flexibility index (Phi) is 3.03. The van der Waals surface area contributed by atoms with Gasteiger partial charge in [0.1, 0.15) is 11.6 Å². The number of nitrogens with two attached hydrogens (primary N) is 1. The topological polar surface area (TPSA) is 43.8 Å². The van der Waals surface area contributed by atoms with E-state index in [0.29, 0.717) is 6.54 Å². The van der Waals surface area contributed by atoms with Crippen LogP contribution in [0.1, 0.15) is 11.1 Å². The van der Waals surface area contributed by atoms with Gasteiger partial charge in [0.2, 0.25) is 0 Å². The quantitative estimate of drug-likeness (QED) is 0.776. The van der Waals surface area contributed by atoms with Gasteiger partial charge in [0.25, 0.3) is 0 Å². The molecule has 102 valence electrons. The maximum atomic E-state index is 13.6. The van der Waals surface area contributed by atoms with Crippen molar-refractivity contribution in [2.45, 2.75) is 13.5 Å². The third kappa shape index (κ3) is 2.08. The fourth-order valence-corrected chi connectivity index (χ4v) is 2.49. The molecule has 3 nitrogen and oxygen atoms in total. The van der Waals surface area contributed by atoms with E-state index in [1.165, 1.54) is 12.1 Å². The summed E-state index contributed by atoms with van der Waals surface area (Å²) in [5.74, 6) is 0.520. The Morgan fingerprint density at radius 1 is 1.20 bits per heavy atom. The highest BCUT2D eigenvalue weighted by Gasteiger charge is 2.11. The maximum Gasteiger partial charge on any atom is 0.140 e. The Bertz CT molecular complexity index is 770. The van der Waals surface area contributed by atoms with Crippen molar-refractivity contribution in [2.75, 3.05) is 0 Å². The van der Waals surface area contributed by atoms with Gasteiger partial charge in [-0.05, 0) is 48.4 Å². The highest BCUT2D eigenvalue weighted by molar-refractivity contribution is 5.81. The van der Waals surface area contributed by atoms with E-state index in [1.807, 2.05) is 42.8 Å². The molecule has 0 amide bonds. The van der Waals surface area contributed by atoms with Crippen LogP contribution < -0.4 is 5.73 Å². The molecule has 0 saturated carbocycles. The summed E-state index contributed by atoms with van der Waals surface area (Å²) in [6.45, 7) is 2.37. The Labute approximate surface area is 116 Å². The maximum absolute atomic E-state index is 13.6. The van der Waals surface area contributed by atoms with Crippen LogP contribution in [0.25, 0.3) is 22.4 Å². The molecule has 4 heteroatoms. The molecule has 0 aliphatic heterocycles. The zero-order valence-corrected chi connectivity index (χ0v) is 11.5. The molecule has 0 aliphatic rings. The molecule has 1 heterocycles. The number of nitrogens with zero attached hydrogens (tertiary/aromatic N) is 2. The number of aromatic nitrogens is 2. The lowest BCUT2D eigenvalue weighted by Crippen LogP contribution is -1.97. The lowest BCUT2D eigenvalue weighted by atomic mass is 10.1. The number of benzene rings is 2. The van der Waals surface area contributed by atoms with Crippen LogP contribution in [0.3, 0.4) is 0 Å². The predicted molar refractivity (Wildman–Crippen MR) is 78.7 cm³/mol. The van der Waals surface area contributed by atoms with Crippen LogP contribution >= 0.6 is 0 Å². The van der Waals surface area contributed by atoms with Crippen molar-refractivity contribution in [3.05, 3.63) is 53.3 Å². The van der Waals surface area contributed by atoms with Crippen molar-refractivity contribution >= 4 is 11.0 Å². The van der Waals surface area contributed by atoms with Gasteiger partial charge in [-0.2, -0.15) is 0 Å². The number of aryl methyl sites for hydroxylation is 2. The van der Waals surface area contributed by atoms with Crippen LogP contribution in [-0.4, -0.2) is 9.55 Å². The van der Waals surface area contributed by atoms with E-state index in [9.17, 15) is 4.39 Å². The van der Waals surface area contributed by atoms with E-state index < -0.39 is 0 Å². The zero-order chi connectivity index (χ0) is 14.3. The molecule has 2 aromatic carbocycles. The summed E-state index contributed by atoms with van der Waals surface area (Å²) in [7, 11) is 1.94. The van der Waals surface area contributed by atoms with Crippen LogP contribution in [0.15, 0.2) is 36.4 Å². The molecular weight excluding hydrogens is 253 g/mol. The first-order chi connectivity index (χ1) is 9.58. The number of fused-ring (bicyclic) bond motifs is 1. The molecule has 1 aromatic heterocycles. The molecule has 0 bridgehead atoms. The fourth-order valence-electron chi connectivity index (χ4n) is 2.49. The summed E-state index contributed by atoms with van der Waals surface area (Å²) in [5.41, 5.74) is 10.3. The Balaban J connectivity index is 2.23. The molecule has 0 saturated heterocycles. The summed E-state index contributed by atoms with van der Waals surface area (Å²) in [6, 6.07) is 10.9. The molecule has 0 spiro atoms. The van der Waals surface area contributed by atoms with E-state index in [-0.39, 0.29) is 5.82 Å². The Morgan fingerprint density at radius 2 is 2.00 bits per heavy atom. The van der Waals surface area contributed by atoms with Crippen molar-refractivity contribution in [1.82, 2.24) is 9.55 Å². The second kappa shape index (κ2) is 4.72. The number of rotatable bonds is 2. The first-order valence-corrected chi connectivity index (χ1v) is 6.51. The van der Waals surface area contributed by atoms with Gasteiger partial charge in [-0.25, -0.2) is 9.37 Å². The Morgan fingerprint density at radius 3 is 2.70 bits per heavy atom. The summed E-state index contributed by atoms with van der Waals surface area (Å²) < 4.78 is 15.5. The monoisotopic (exact) mass is 269 g/mol. The molecule has 0 atom stereocenters. The smallest absolute Gasteiger partial charge is 0.140 e. The van der Waals surface area contributed by atoms with Gasteiger partial charge in [0.15, 0.2) is 0 Å². The third-order valence-electron chi connectivity index (χ3n) is 3.48. The fraction of sp³-hybridized carbons (Fsp3) is 0.188. The lowest BCUT2D eigenvalue weighted by molar-refractivity contribution is 0.627. The van der Waals surface area contributed by atoms with Crippen LogP contribution in [0, 0.1) is 12.7 Å². The molecule has 0 radical (unpaired) electrons. The van der Waals surface area contributed by atoms with Crippen LogP contribution in [0.2, 0.25) is 0 Å². The summed E-state index contributed by atoms with van der Waals surface area (Å²) in [4.78, 5) is 4.60. The van der Waals surface area contributed by atoms with Crippen molar-refractivity contribution in [1.29, 1.82) is 0 Å². The summed E-state index contributed by atoms with van der Waals surface area (Å²) in [5, 5.41) is 0. The van der Waals surface area contributed by atoms with E-state index in [2.05, 4.69) is 4.98 Å². The lowest BCUT2D eigenvalue weighted by Gasteiger charge is -2.04. The molecular formula is C16H16FN3. The Hall–Kier alpha value is -2.20. The van der Waals surface area contributed by atoms with Crippen molar-refractivity contribution in [2.24, 2.45) is 12.8 Å². The SMILES string of the molecule is Cc1cc(F)cc(-c2nc3ccc(CN)cc3n2C)c1. The van der Waals surface area contributed by atoms with Crippen molar-refractivity contribution in [3.63, 3.8) is 0 Å². The number of imidazole rings is 1. The normalized spacial score (nSPS) is 11.2.